The summed E-state index contributed by atoms with van der Waals surface area (Å²) in [6, 6.07) is 6.75. The Morgan fingerprint density at radius 2 is 1.91 bits per heavy atom. The van der Waals surface area contributed by atoms with Gasteiger partial charge in [0.25, 0.3) is 5.91 Å². The molecule has 1 aliphatic carbocycles. The molecule has 0 aromatic heterocycles. The Morgan fingerprint density at radius 1 is 1.17 bits per heavy atom. The van der Waals surface area contributed by atoms with Gasteiger partial charge < -0.3 is 4.90 Å². The first kappa shape index (κ1) is 16.3. The number of nitrogens with zero attached hydrogens (tertiary/aromatic N) is 1. The molecule has 1 N–H and O–H groups in total. The number of piperidine rings is 1. The molecule has 1 saturated carbocycles. The maximum absolute atomic E-state index is 12.7. The predicted octanol–water partition coefficient (Wildman–Crippen LogP) is 2.71. The fourth-order valence-electron chi connectivity index (χ4n) is 3.90. The average Bonchev–Trinajstić information content (AvgIpc) is 2.52. The molecule has 2 atom stereocenters. The maximum Gasteiger partial charge on any atom is 0.253 e. The first-order valence-corrected chi connectivity index (χ1v) is 10.2. The summed E-state index contributed by atoms with van der Waals surface area (Å²) in [5.41, 5.74) is 0.985. The van der Waals surface area contributed by atoms with Crippen LogP contribution in [0.5, 0.6) is 0 Å². The van der Waals surface area contributed by atoms with Crippen LogP contribution in [0.1, 0.15) is 42.5 Å². The van der Waals surface area contributed by atoms with E-state index in [2.05, 4.69) is 4.72 Å². The minimum atomic E-state index is -3.34. The molecule has 1 amide bonds. The summed E-state index contributed by atoms with van der Waals surface area (Å²) in [5, 5.41) is 0. The Balaban J connectivity index is 1.71. The number of anilines is 1. The predicted molar refractivity (Wildman–Crippen MR) is 90.9 cm³/mol. The molecule has 2 aliphatic rings. The third-order valence-electron chi connectivity index (χ3n) is 4.99. The lowest BCUT2D eigenvalue weighted by Crippen LogP contribution is -2.44. The first-order valence-electron chi connectivity index (χ1n) is 8.29. The van der Waals surface area contributed by atoms with Gasteiger partial charge in [0.1, 0.15) is 0 Å². The summed E-state index contributed by atoms with van der Waals surface area (Å²) >= 11 is 0. The van der Waals surface area contributed by atoms with Crippen molar-refractivity contribution < 1.29 is 13.2 Å². The van der Waals surface area contributed by atoms with Crippen LogP contribution in [0.15, 0.2) is 24.3 Å². The number of hydrogen-bond donors (Lipinski definition) is 1. The van der Waals surface area contributed by atoms with Gasteiger partial charge in [-0.25, -0.2) is 8.42 Å². The quantitative estimate of drug-likeness (QED) is 0.923. The lowest BCUT2D eigenvalue weighted by molar-refractivity contribution is 0.0521. The number of rotatable bonds is 3. The summed E-state index contributed by atoms with van der Waals surface area (Å²) in [7, 11) is -3.34. The van der Waals surface area contributed by atoms with Crippen LogP contribution in [-0.2, 0) is 10.0 Å². The van der Waals surface area contributed by atoms with Gasteiger partial charge in [0, 0.05) is 24.3 Å². The Kier molecular flexibility index (Phi) is 4.62. The van der Waals surface area contributed by atoms with Crippen LogP contribution in [0.25, 0.3) is 0 Å². The smallest absolute Gasteiger partial charge is 0.253 e. The number of benzene rings is 1. The zero-order valence-electron chi connectivity index (χ0n) is 13.5. The lowest BCUT2D eigenvalue weighted by Gasteiger charge is -2.41. The average molecular weight is 336 g/mol. The van der Waals surface area contributed by atoms with Crippen LogP contribution in [-0.4, -0.2) is 38.6 Å². The minimum absolute atomic E-state index is 0.00572. The van der Waals surface area contributed by atoms with E-state index in [1.54, 1.807) is 24.3 Å². The summed E-state index contributed by atoms with van der Waals surface area (Å²) in [6.07, 6.45) is 7.34. The maximum atomic E-state index is 12.7. The molecule has 6 heteroatoms. The van der Waals surface area contributed by atoms with Gasteiger partial charge in [0.05, 0.1) is 6.26 Å². The molecule has 5 nitrogen and oxygen atoms in total. The molecule has 1 aliphatic heterocycles. The molecule has 2 fully saturated rings. The van der Waals surface area contributed by atoms with E-state index in [0.29, 0.717) is 17.2 Å². The van der Waals surface area contributed by atoms with E-state index in [4.69, 9.17) is 0 Å². The van der Waals surface area contributed by atoms with Crippen molar-refractivity contribution in [2.24, 2.45) is 11.8 Å². The Labute approximate surface area is 138 Å². The number of nitrogens with one attached hydrogen (secondary N) is 1. The molecule has 1 aromatic rings. The summed E-state index contributed by atoms with van der Waals surface area (Å²) < 4.78 is 25.1. The van der Waals surface area contributed by atoms with Crippen LogP contribution >= 0.6 is 0 Å². The highest BCUT2D eigenvalue weighted by molar-refractivity contribution is 7.92. The highest BCUT2D eigenvalue weighted by Crippen LogP contribution is 2.36. The Hall–Kier alpha value is -1.56. The number of sulfonamides is 1. The fraction of sp³-hybridized carbons (Fsp3) is 0.588. The highest BCUT2D eigenvalue weighted by atomic mass is 32.2. The Bertz CT molecular complexity index is 687. The molecule has 0 bridgehead atoms. The molecule has 3 rings (SSSR count). The summed E-state index contributed by atoms with van der Waals surface area (Å²) in [5.74, 6) is 1.43. The van der Waals surface area contributed by atoms with Crippen LogP contribution in [0.2, 0.25) is 0 Å². The number of carbonyl (C=O) groups is 1. The van der Waals surface area contributed by atoms with Gasteiger partial charge in [0.15, 0.2) is 0 Å². The fourth-order valence-corrected chi connectivity index (χ4v) is 4.45. The van der Waals surface area contributed by atoms with Gasteiger partial charge in [-0.1, -0.05) is 25.3 Å². The van der Waals surface area contributed by atoms with Crippen molar-refractivity contribution in [2.45, 2.75) is 32.1 Å². The molecule has 0 spiro atoms. The zero-order chi connectivity index (χ0) is 16.4. The molecule has 0 unspecified atom stereocenters. The number of carbonyl (C=O) groups excluding carboxylic acids is 1. The van der Waals surface area contributed by atoms with Crippen molar-refractivity contribution in [3.05, 3.63) is 29.8 Å². The van der Waals surface area contributed by atoms with E-state index in [9.17, 15) is 13.2 Å². The van der Waals surface area contributed by atoms with E-state index in [0.717, 1.165) is 31.7 Å². The van der Waals surface area contributed by atoms with Crippen molar-refractivity contribution in [1.29, 1.82) is 0 Å². The molecule has 1 heterocycles. The molecular formula is C17H24N2O3S. The van der Waals surface area contributed by atoms with Crippen molar-refractivity contribution in [3.8, 4) is 0 Å². The number of hydrogen-bond acceptors (Lipinski definition) is 3. The molecule has 0 radical (unpaired) electrons. The van der Waals surface area contributed by atoms with E-state index in [1.807, 2.05) is 4.90 Å². The van der Waals surface area contributed by atoms with E-state index in [1.165, 1.54) is 25.7 Å². The SMILES string of the molecule is CS(=O)(=O)Nc1cccc(C(=O)N2CC[C@H]3CCCC[C@H]3C2)c1. The van der Waals surface area contributed by atoms with Crippen LogP contribution in [0.4, 0.5) is 5.69 Å². The van der Waals surface area contributed by atoms with Gasteiger partial charge in [-0.2, -0.15) is 0 Å². The molecule has 23 heavy (non-hydrogen) atoms. The van der Waals surface area contributed by atoms with Crippen molar-refractivity contribution in [1.82, 2.24) is 4.90 Å². The highest BCUT2D eigenvalue weighted by Gasteiger charge is 2.33. The number of fused-ring (bicyclic) bond motifs is 1. The lowest BCUT2D eigenvalue weighted by atomic mass is 9.75. The standard InChI is InChI=1S/C17H24N2O3S/c1-23(21,22)18-16-8-4-7-14(11-16)17(20)19-10-9-13-5-2-3-6-15(13)12-19/h4,7-8,11,13,15,18H,2-3,5-6,9-10,12H2,1H3/t13-,15+/m1/s1. The van der Waals surface area contributed by atoms with Crippen molar-refractivity contribution >= 4 is 21.6 Å². The zero-order valence-corrected chi connectivity index (χ0v) is 14.3. The first-order chi connectivity index (χ1) is 10.9. The third kappa shape index (κ3) is 4.05. The van der Waals surface area contributed by atoms with E-state index in [-0.39, 0.29) is 5.91 Å². The van der Waals surface area contributed by atoms with Gasteiger partial charge in [-0.05, 0) is 42.9 Å². The second kappa shape index (κ2) is 6.51. The second-order valence-corrected chi connectivity index (χ2v) is 8.55. The van der Waals surface area contributed by atoms with E-state index < -0.39 is 10.0 Å². The van der Waals surface area contributed by atoms with Gasteiger partial charge >= 0.3 is 0 Å². The topological polar surface area (TPSA) is 66.5 Å². The number of amides is 1. The van der Waals surface area contributed by atoms with Crippen molar-refractivity contribution in [3.63, 3.8) is 0 Å². The van der Waals surface area contributed by atoms with Crippen LogP contribution in [0, 0.1) is 11.8 Å². The molecule has 126 valence electrons. The van der Waals surface area contributed by atoms with E-state index >= 15 is 0 Å². The number of likely N-dealkylation sites (tertiary alicyclic amines) is 1. The molecule has 1 aromatic carbocycles. The largest absolute Gasteiger partial charge is 0.338 e. The minimum Gasteiger partial charge on any atom is -0.338 e. The third-order valence-corrected chi connectivity index (χ3v) is 5.60. The van der Waals surface area contributed by atoms with Gasteiger partial charge in [-0.3, -0.25) is 9.52 Å². The monoisotopic (exact) mass is 336 g/mol. The Morgan fingerprint density at radius 3 is 2.65 bits per heavy atom. The normalized spacial score (nSPS) is 24.8. The van der Waals surface area contributed by atoms with Gasteiger partial charge in [0.2, 0.25) is 10.0 Å². The summed E-state index contributed by atoms with van der Waals surface area (Å²) in [6.45, 7) is 1.65. The van der Waals surface area contributed by atoms with Crippen molar-refractivity contribution in [2.75, 3.05) is 24.1 Å². The van der Waals surface area contributed by atoms with Crippen LogP contribution in [0.3, 0.4) is 0 Å². The summed E-state index contributed by atoms with van der Waals surface area (Å²) in [4.78, 5) is 14.7. The van der Waals surface area contributed by atoms with Gasteiger partial charge in [-0.15, -0.1) is 0 Å². The van der Waals surface area contributed by atoms with Crippen LogP contribution < -0.4 is 4.72 Å². The molecular weight excluding hydrogens is 312 g/mol. The second-order valence-electron chi connectivity index (χ2n) is 6.80. The molecule has 1 saturated heterocycles.